The molecule has 0 saturated heterocycles. The summed E-state index contributed by atoms with van der Waals surface area (Å²) in [6.45, 7) is 0. The van der Waals surface area contributed by atoms with Crippen LogP contribution >= 0.6 is 23.2 Å². The van der Waals surface area contributed by atoms with E-state index in [0.29, 0.717) is 11.4 Å². The van der Waals surface area contributed by atoms with E-state index in [1.165, 1.54) is 30.3 Å². The fourth-order valence-electron chi connectivity index (χ4n) is 4.95. The molecule has 6 aromatic carbocycles. The third-order valence-electron chi connectivity index (χ3n) is 7.50. The fourth-order valence-corrected chi connectivity index (χ4v) is 6.60. The maximum atomic E-state index is 12.4. The number of phenolic OH excluding ortho intramolecular Hbond substituents is 2. The number of hydrogen-bond donors (Lipinski definition) is 5. The van der Waals surface area contributed by atoms with E-state index in [1.54, 1.807) is 48.5 Å². The summed E-state index contributed by atoms with van der Waals surface area (Å²) in [6.07, 6.45) is 0. The van der Waals surface area contributed by atoms with E-state index in [-0.39, 0.29) is 67.5 Å². The van der Waals surface area contributed by atoms with Crippen LogP contribution in [0.3, 0.4) is 0 Å². The first kappa shape index (κ1) is 40.4. The number of aromatic hydroxyl groups is 2. The second kappa shape index (κ2) is 16.3. The monoisotopic (exact) mass is 815 g/mol. The number of halogens is 2. The molecule has 6 N–H and O–H groups in total. The van der Waals surface area contributed by atoms with Crippen LogP contribution in [-0.2, 0) is 20.2 Å². The van der Waals surface area contributed by atoms with Gasteiger partial charge in [-0.1, -0.05) is 47.5 Å². The Morgan fingerprint density at radius 1 is 0.556 bits per heavy atom. The van der Waals surface area contributed by atoms with Crippen LogP contribution in [0.25, 0.3) is 21.9 Å². The molecule has 0 amide bonds. The van der Waals surface area contributed by atoms with E-state index in [2.05, 4.69) is 30.7 Å². The zero-order chi connectivity index (χ0) is 38.1. The second-order valence-corrected chi connectivity index (χ2v) is 14.7. The molecule has 0 saturated carbocycles. The van der Waals surface area contributed by atoms with Crippen molar-refractivity contribution in [1.82, 2.24) is 0 Å². The average Bonchev–Trinajstić information content (AvgIpc) is 3.11. The molecule has 0 bridgehead atoms. The van der Waals surface area contributed by atoms with Gasteiger partial charge < -0.3 is 15.9 Å². The number of hydrogen-bond acceptors (Lipinski definition) is 13. The van der Waals surface area contributed by atoms with Crippen LogP contribution in [0.1, 0.15) is 0 Å². The van der Waals surface area contributed by atoms with Gasteiger partial charge in [0.05, 0.1) is 33.2 Å². The Hall–Kier alpha value is -4.82. The zero-order valence-electron chi connectivity index (χ0n) is 26.6. The van der Waals surface area contributed by atoms with E-state index in [1.807, 2.05) is 12.1 Å². The SMILES string of the molecule is Nc1c(N=Nc2cc(Cl)ccc2Cl)c(S(=O)(=O)O)cc2cc(S(=O)(=O)O)c(N=Nc3ccc(-c4ccc(N=Nc5ccc(O)cc5)cc4)cc3)c(O)c12.[NaH]. The summed E-state index contributed by atoms with van der Waals surface area (Å²) >= 11 is 12.1. The minimum absolute atomic E-state index is 0. The predicted molar refractivity (Wildman–Crippen MR) is 206 cm³/mol. The number of nitrogens with zero attached hydrogens (tertiary/aromatic N) is 6. The molecule has 15 nitrogen and oxygen atoms in total. The van der Waals surface area contributed by atoms with Gasteiger partial charge in [0, 0.05) is 5.02 Å². The van der Waals surface area contributed by atoms with Crippen molar-refractivity contribution in [2.75, 3.05) is 5.73 Å². The van der Waals surface area contributed by atoms with Gasteiger partial charge in [0.15, 0.2) is 5.75 Å². The number of rotatable bonds is 9. The van der Waals surface area contributed by atoms with Crippen LogP contribution in [-0.4, -0.2) is 65.7 Å². The van der Waals surface area contributed by atoms with Gasteiger partial charge in [-0.3, -0.25) is 9.11 Å². The third-order valence-corrected chi connectivity index (χ3v) is 9.79. The summed E-state index contributed by atoms with van der Waals surface area (Å²) < 4.78 is 69.6. The van der Waals surface area contributed by atoms with Crippen LogP contribution in [0.5, 0.6) is 11.5 Å². The van der Waals surface area contributed by atoms with Crippen LogP contribution in [0, 0.1) is 0 Å². The Kier molecular flexibility index (Phi) is 12.2. The molecule has 0 unspecified atom stereocenters. The molecule has 6 rings (SSSR count). The van der Waals surface area contributed by atoms with Gasteiger partial charge in [-0.15, -0.1) is 15.3 Å². The summed E-state index contributed by atoms with van der Waals surface area (Å²) in [4.78, 5) is -1.83. The number of benzene rings is 6. The first-order valence-electron chi connectivity index (χ1n) is 14.9. The van der Waals surface area contributed by atoms with Gasteiger partial charge in [-0.05, 0) is 95.4 Å². The van der Waals surface area contributed by atoms with E-state index < -0.39 is 52.8 Å². The molecule has 0 atom stereocenters. The van der Waals surface area contributed by atoms with E-state index in [9.17, 15) is 36.2 Å². The second-order valence-electron chi connectivity index (χ2n) is 11.1. The maximum absolute atomic E-state index is 12.4. The van der Waals surface area contributed by atoms with E-state index in [0.717, 1.165) is 23.3 Å². The molecule has 0 spiro atoms. The molecule has 0 radical (unpaired) electrons. The Morgan fingerprint density at radius 2 is 1.00 bits per heavy atom. The van der Waals surface area contributed by atoms with Crippen molar-refractivity contribution < 1.29 is 36.2 Å². The van der Waals surface area contributed by atoms with Crippen molar-refractivity contribution in [2.45, 2.75) is 9.79 Å². The summed E-state index contributed by atoms with van der Waals surface area (Å²) in [5, 5.41) is 44.4. The van der Waals surface area contributed by atoms with Crippen molar-refractivity contribution in [3.05, 3.63) is 113 Å². The molecule has 6 aromatic rings. The molecule has 20 heteroatoms. The molecule has 270 valence electrons. The zero-order valence-corrected chi connectivity index (χ0v) is 29.7. The Morgan fingerprint density at radius 3 is 1.50 bits per heavy atom. The van der Waals surface area contributed by atoms with Crippen molar-refractivity contribution in [1.29, 1.82) is 0 Å². The van der Waals surface area contributed by atoms with Gasteiger partial charge in [0.2, 0.25) is 0 Å². The van der Waals surface area contributed by atoms with Gasteiger partial charge in [-0.2, -0.15) is 32.2 Å². The molecule has 0 aromatic heterocycles. The first-order chi connectivity index (χ1) is 25.1. The van der Waals surface area contributed by atoms with Gasteiger partial charge >= 0.3 is 29.6 Å². The number of anilines is 1. The average molecular weight is 817 g/mol. The molecular weight excluding hydrogens is 792 g/mol. The molecule has 0 aliphatic rings. The third kappa shape index (κ3) is 9.09. The molecule has 54 heavy (non-hydrogen) atoms. The Bertz CT molecular complexity index is 2720. The van der Waals surface area contributed by atoms with Crippen LogP contribution < -0.4 is 5.73 Å². The quantitative estimate of drug-likeness (QED) is 0.0402. The first-order valence-corrected chi connectivity index (χ1v) is 18.5. The Balaban J connectivity index is 0.00000561. The van der Waals surface area contributed by atoms with Crippen molar-refractivity contribution in [3.63, 3.8) is 0 Å². The Labute approximate surface area is 339 Å². The van der Waals surface area contributed by atoms with Crippen molar-refractivity contribution in [2.24, 2.45) is 30.7 Å². The molecule has 0 aliphatic heterocycles. The number of fused-ring (bicyclic) bond motifs is 1. The van der Waals surface area contributed by atoms with Crippen LogP contribution in [0.2, 0.25) is 10.0 Å². The number of nitrogen functional groups attached to an aromatic ring is 1. The van der Waals surface area contributed by atoms with Gasteiger partial charge in [0.1, 0.15) is 32.6 Å². The summed E-state index contributed by atoms with van der Waals surface area (Å²) in [5.74, 6) is -0.787. The predicted octanol–water partition coefficient (Wildman–Crippen LogP) is 9.90. The number of phenols is 2. The molecular formula is C34H24Cl2N7NaO8S2. The summed E-state index contributed by atoms with van der Waals surface area (Å²) in [5.41, 5.74) is 7.35. The standard InChI is InChI=1S/C34H23Cl2N7O8S2.Na.H/c35-21-5-14-26(36)27(17-21)41-42-32-28(52(46,47)48)15-20-16-29(53(49,50)51)33(34(45)30(20)31(32)37)43-40-23-8-3-19(4-9-23)18-1-6-22(7-2-18)38-39-24-10-12-25(44)13-11-24;;/h1-17,44-45H,37H2,(H,46,47,48)(H,49,50,51);;. The summed E-state index contributed by atoms with van der Waals surface area (Å²) in [7, 11) is -10.2. The molecule has 0 heterocycles. The van der Waals surface area contributed by atoms with Crippen molar-refractivity contribution in [3.8, 4) is 22.6 Å². The molecule has 0 aliphatic carbocycles. The number of azo groups is 3. The fraction of sp³-hybridized carbons (Fsp3) is 0. The van der Waals surface area contributed by atoms with E-state index >= 15 is 0 Å². The minimum atomic E-state index is -5.11. The van der Waals surface area contributed by atoms with Crippen LogP contribution in [0.15, 0.2) is 144 Å². The summed E-state index contributed by atoms with van der Waals surface area (Å²) in [6, 6.07) is 25.8. The normalized spacial score (nSPS) is 12.2. The van der Waals surface area contributed by atoms with E-state index in [4.69, 9.17) is 28.9 Å². The molecule has 0 fully saturated rings. The van der Waals surface area contributed by atoms with Crippen LogP contribution in [0.4, 0.5) is 39.8 Å². The van der Waals surface area contributed by atoms with Gasteiger partial charge in [-0.25, -0.2) is 0 Å². The number of nitrogens with two attached hydrogens (primary N) is 1. The van der Waals surface area contributed by atoms with Gasteiger partial charge in [0.25, 0.3) is 20.2 Å². The van der Waals surface area contributed by atoms with Crippen molar-refractivity contribution >= 4 is 124 Å². The topological polar surface area (TPSA) is 249 Å².